The molecule has 2 aromatic carbocycles. The molecule has 3 heteroatoms. The smallest absolute Gasteiger partial charge is 0.128 e. The van der Waals surface area contributed by atoms with Crippen LogP contribution in [-0.2, 0) is 6.42 Å². The van der Waals surface area contributed by atoms with Crippen LogP contribution in [0.2, 0.25) is 0 Å². The molecule has 0 saturated carbocycles. The van der Waals surface area contributed by atoms with E-state index < -0.39 is 0 Å². The van der Waals surface area contributed by atoms with Gasteiger partial charge in [0.25, 0.3) is 0 Å². The first-order valence-corrected chi connectivity index (χ1v) is 8.23. The van der Waals surface area contributed by atoms with Crippen molar-refractivity contribution >= 4 is 15.9 Å². The Bertz CT molecular complexity index is 598. The van der Waals surface area contributed by atoms with Crippen LogP contribution in [0.3, 0.4) is 0 Å². The van der Waals surface area contributed by atoms with Gasteiger partial charge in [-0.05, 0) is 55.3 Å². The van der Waals surface area contributed by atoms with Gasteiger partial charge in [-0.1, -0.05) is 48.0 Å². The Hall–Kier alpha value is -1.32. The zero-order valence-corrected chi connectivity index (χ0v) is 14.4. The highest BCUT2D eigenvalue weighted by Gasteiger charge is 2.09. The Labute approximate surface area is 135 Å². The van der Waals surface area contributed by atoms with Gasteiger partial charge in [0.2, 0.25) is 0 Å². The molecule has 112 valence electrons. The van der Waals surface area contributed by atoms with Crippen molar-refractivity contribution < 1.29 is 4.74 Å². The molecule has 0 radical (unpaired) electrons. The van der Waals surface area contributed by atoms with Gasteiger partial charge in [-0.15, -0.1) is 0 Å². The summed E-state index contributed by atoms with van der Waals surface area (Å²) in [4.78, 5) is 0. The third-order valence-electron chi connectivity index (χ3n) is 3.49. The largest absolute Gasteiger partial charge is 0.457 e. The molecule has 0 bridgehead atoms. The normalized spacial score (nSPS) is 12.2. The van der Waals surface area contributed by atoms with Gasteiger partial charge in [-0.25, -0.2) is 0 Å². The number of ether oxygens (including phenoxy) is 1. The van der Waals surface area contributed by atoms with Gasteiger partial charge in [-0.2, -0.15) is 0 Å². The molecule has 0 saturated heterocycles. The van der Waals surface area contributed by atoms with Gasteiger partial charge in [0.15, 0.2) is 0 Å². The van der Waals surface area contributed by atoms with E-state index in [-0.39, 0.29) is 0 Å². The van der Waals surface area contributed by atoms with E-state index in [1.54, 1.807) is 0 Å². The monoisotopic (exact) mass is 347 g/mol. The summed E-state index contributed by atoms with van der Waals surface area (Å²) in [5, 5.41) is 3.42. The molecule has 0 aliphatic carbocycles. The molecule has 2 nitrogen and oxygen atoms in total. The van der Waals surface area contributed by atoms with Crippen molar-refractivity contribution in [2.75, 3.05) is 6.54 Å². The average molecular weight is 348 g/mol. The van der Waals surface area contributed by atoms with Crippen LogP contribution < -0.4 is 10.1 Å². The maximum absolute atomic E-state index is 5.95. The Morgan fingerprint density at radius 2 is 1.86 bits per heavy atom. The van der Waals surface area contributed by atoms with Crippen molar-refractivity contribution in [2.45, 2.75) is 33.2 Å². The number of aryl methyl sites for hydroxylation is 1. The van der Waals surface area contributed by atoms with E-state index in [1.807, 2.05) is 24.3 Å². The van der Waals surface area contributed by atoms with E-state index in [0.717, 1.165) is 28.9 Å². The highest BCUT2D eigenvalue weighted by Crippen LogP contribution is 2.30. The number of hydrogen-bond donors (Lipinski definition) is 1. The average Bonchev–Trinajstić information content (AvgIpc) is 2.47. The first-order valence-electron chi connectivity index (χ1n) is 7.43. The van der Waals surface area contributed by atoms with Crippen LogP contribution in [0.15, 0.2) is 46.9 Å². The quantitative estimate of drug-likeness (QED) is 0.747. The fourth-order valence-corrected chi connectivity index (χ4v) is 3.00. The molecule has 0 heterocycles. The summed E-state index contributed by atoms with van der Waals surface area (Å²) in [5.41, 5.74) is 2.52. The maximum atomic E-state index is 5.95. The van der Waals surface area contributed by atoms with Crippen LogP contribution in [-0.4, -0.2) is 6.54 Å². The highest BCUT2D eigenvalue weighted by atomic mass is 79.9. The summed E-state index contributed by atoms with van der Waals surface area (Å²) in [6.07, 6.45) is 1.01. The predicted octanol–water partition coefficient (Wildman–Crippen LogP) is 5.47. The first-order chi connectivity index (χ1) is 10.1. The minimum Gasteiger partial charge on any atom is -0.457 e. The van der Waals surface area contributed by atoms with Crippen LogP contribution in [0.5, 0.6) is 11.5 Å². The summed E-state index contributed by atoms with van der Waals surface area (Å²) in [5.74, 6) is 1.73. The number of nitrogens with one attached hydrogen (secondary N) is 1. The van der Waals surface area contributed by atoms with Gasteiger partial charge >= 0.3 is 0 Å². The minimum absolute atomic E-state index is 0.321. The molecule has 0 aliphatic heterocycles. The van der Waals surface area contributed by atoms with Crippen molar-refractivity contribution in [2.24, 2.45) is 0 Å². The fourth-order valence-electron chi connectivity index (χ4n) is 2.30. The Kier molecular flexibility index (Phi) is 5.83. The third-order valence-corrected chi connectivity index (χ3v) is 4.18. The summed E-state index contributed by atoms with van der Waals surface area (Å²) >= 11 is 3.64. The molecule has 2 aromatic rings. The minimum atomic E-state index is 0.321. The number of rotatable bonds is 6. The number of halogens is 1. The summed E-state index contributed by atoms with van der Waals surface area (Å²) < 4.78 is 7.02. The van der Waals surface area contributed by atoms with Crippen molar-refractivity contribution in [3.8, 4) is 11.5 Å². The van der Waals surface area contributed by atoms with Crippen molar-refractivity contribution in [3.05, 3.63) is 58.1 Å². The zero-order valence-electron chi connectivity index (χ0n) is 12.8. The zero-order chi connectivity index (χ0) is 15.2. The second-order valence-corrected chi connectivity index (χ2v) is 5.92. The second-order valence-electron chi connectivity index (χ2n) is 5.07. The van der Waals surface area contributed by atoms with E-state index in [0.29, 0.717) is 6.04 Å². The Morgan fingerprint density at radius 3 is 2.52 bits per heavy atom. The lowest BCUT2D eigenvalue weighted by molar-refractivity contribution is 0.480. The van der Waals surface area contributed by atoms with Gasteiger partial charge in [-0.3, -0.25) is 0 Å². The van der Waals surface area contributed by atoms with Crippen LogP contribution in [0.1, 0.15) is 37.9 Å². The molecule has 2 rings (SSSR count). The van der Waals surface area contributed by atoms with E-state index in [1.165, 1.54) is 11.1 Å². The molecule has 1 unspecified atom stereocenters. The molecule has 0 aliphatic rings. The highest BCUT2D eigenvalue weighted by molar-refractivity contribution is 9.10. The maximum Gasteiger partial charge on any atom is 0.128 e. The molecule has 21 heavy (non-hydrogen) atoms. The first kappa shape index (κ1) is 16.1. The Balaban J connectivity index is 2.16. The molecule has 0 fully saturated rings. The number of hydrogen-bond acceptors (Lipinski definition) is 2. The van der Waals surface area contributed by atoms with Crippen molar-refractivity contribution in [1.29, 1.82) is 0 Å². The van der Waals surface area contributed by atoms with E-state index in [2.05, 4.69) is 60.2 Å². The lowest BCUT2D eigenvalue weighted by Crippen LogP contribution is -2.17. The lowest BCUT2D eigenvalue weighted by Gasteiger charge is -2.16. The molecule has 1 atom stereocenters. The lowest BCUT2D eigenvalue weighted by atomic mass is 10.1. The van der Waals surface area contributed by atoms with E-state index in [9.17, 15) is 0 Å². The van der Waals surface area contributed by atoms with Crippen LogP contribution in [0.25, 0.3) is 0 Å². The molecular formula is C18H22BrNO. The van der Waals surface area contributed by atoms with Crippen LogP contribution in [0, 0.1) is 0 Å². The summed E-state index contributed by atoms with van der Waals surface area (Å²) in [6, 6.07) is 14.7. The fraction of sp³-hybridized carbons (Fsp3) is 0.333. The van der Waals surface area contributed by atoms with Gasteiger partial charge in [0.1, 0.15) is 11.5 Å². The molecule has 1 N–H and O–H groups in total. The van der Waals surface area contributed by atoms with Gasteiger partial charge < -0.3 is 10.1 Å². The molecule has 0 aromatic heterocycles. The predicted molar refractivity (Wildman–Crippen MR) is 92.1 cm³/mol. The van der Waals surface area contributed by atoms with Crippen LogP contribution >= 0.6 is 15.9 Å². The van der Waals surface area contributed by atoms with E-state index in [4.69, 9.17) is 4.74 Å². The summed E-state index contributed by atoms with van der Waals surface area (Å²) in [7, 11) is 0. The van der Waals surface area contributed by atoms with Gasteiger partial charge in [0, 0.05) is 10.5 Å². The number of benzene rings is 2. The van der Waals surface area contributed by atoms with E-state index >= 15 is 0 Å². The second kappa shape index (κ2) is 7.62. The molecule has 0 amide bonds. The van der Waals surface area contributed by atoms with Crippen LogP contribution in [0.4, 0.5) is 0 Å². The summed E-state index contributed by atoms with van der Waals surface area (Å²) in [6.45, 7) is 7.37. The van der Waals surface area contributed by atoms with Gasteiger partial charge in [0.05, 0.1) is 0 Å². The third kappa shape index (κ3) is 4.32. The Morgan fingerprint density at radius 1 is 1.10 bits per heavy atom. The van der Waals surface area contributed by atoms with Crippen molar-refractivity contribution in [1.82, 2.24) is 5.32 Å². The molecule has 0 spiro atoms. The standard InChI is InChI=1S/C18H22BrNO/c1-4-14-7-6-8-15(11-14)21-16-9-10-17(18(19)12-16)13(3)20-5-2/h6-13,20H,4-5H2,1-3H3. The molecular weight excluding hydrogens is 326 g/mol. The topological polar surface area (TPSA) is 21.3 Å². The van der Waals surface area contributed by atoms with Crippen molar-refractivity contribution in [3.63, 3.8) is 0 Å². The SMILES string of the molecule is CCNC(C)c1ccc(Oc2cccc(CC)c2)cc1Br.